The molecule has 3 aromatic rings. The van der Waals surface area contributed by atoms with Crippen molar-refractivity contribution in [1.82, 2.24) is 24.6 Å². The summed E-state index contributed by atoms with van der Waals surface area (Å²) in [6, 6.07) is 6.43. The fourth-order valence-corrected chi connectivity index (χ4v) is 4.30. The average Bonchev–Trinajstić information content (AvgIpc) is 3.02. The zero-order valence-electron chi connectivity index (χ0n) is 18.1. The number of carbonyl (C=O) groups excluding carboxylic acids is 1. The van der Waals surface area contributed by atoms with Gasteiger partial charge in [0.05, 0.1) is 28.7 Å². The Morgan fingerprint density at radius 1 is 1.16 bits per heavy atom. The van der Waals surface area contributed by atoms with Crippen molar-refractivity contribution in [3.8, 4) is 5.69 Å². The zero-order valence-corrected chi connectivity index (χ0v) is 18.1. The highest BCUT2D eigenvalue weighted by Gasteiger charge is 2.28. The lowest BCUT2D eigenvalue weighted by atomic mass is 9.99. The lowest BCUT2D eigenvalue weighted by Gasteiger charge is -2.35. The predicted molar refractivity (Wildman–Crippen MR) is 115 cm³/mol. The van der Waals surface area contributed by atoms with Crippen molar-refractivity contribution in [3.63, 3.8) is 0 Å². The number of likely N-dealkylation sites (tertiary alicyclic amines) is 1. The summed E-state index contributed by atoms with van der Waals surface area (Å²) in [7, 11) is 0. The second-order valence-corrected chi connectivity index (χ2v) is 8.11. The van der Waals surface area contributed by atoms with E-state index in [2.05, 4.69) is 14.9 Å². The standard InChI is InChI=1S/C23H27FN6O/c1-14-19(22(25)31)12-26-23(27-14)21-6-4-5-11-29(21)13-20-15(2)28-30(16(20)3)18-9-7-17(24)8-10-18/h7-10,12,21H,4-6,11,13H2,1-3H3,(H2,25,31)/t21-/m1/s1. The van der Waals surface area contributed by atoms with Crippen LogP contribution in [-0.4, -0.2) is 37.1 Å². The third-order valence-electron chi connectivity index (χ3n) is 6.05. The summed E-state index contributed by atoms with van der Waals surface area (Å²) in [5.74, 6) is -0.0493. The molecule has 7 nitrogen and oxygen atoms in total. The molecular weight excluding hydrogens is 395 g/mol. The second-order valence-electron chi connectivity index (χ2n) is 8.11. The predicted octanol–water partition coefficient (Wildman–Crippen LogP) is 3.55. The second kappa shape index (κ2) is 8.55. The molecule has 0 unspecified atom stereocenters. The Morgan fingerprint density at radius 3 is 2.58 bits per heavy atom. The summed E-state index contributed by atoms with van der Waals surface area (Å²) in [6.45, 7) is 7.50. The fourth-order valence-electron chi connectivity index (χ4n) is 4.30. The van der Waals surface area contributed by atoms with Crippen LogP contribution in [-0.2, 0) is 6.54 Å². The van der Waals surface area contributed by atoms with Gasteiger partial charge in [-0.1, -0.05) is 6.42 Å². The van der Waals surface area contributed by atoms with Gasteiger partial charge in [0.2, 0.25) is 0 Å². The van der Waals surface area contributed by atoms with Gasteiger partial charge < -0.3 is 5.73 Å². The van der Waals surface area contributed by atoms with Crippen LogP contribution in [0.5, 0.6) is 0 Å². The lowest BCUT2D eigenvalue weighted by Crippen LogP contribution is -2.34. The molecule has 0 spiro atoms. The van der Waals surface area contributed by atoms with Gasteiger partial charge >= 0.3 is 0 Å². The Kier molecular flexibility index (Phi) is 5.82. The van der Waals surface area contributed by atoms with E-state index in [9.17, 15) is 9.18 Å². The molecule has 162 valence electrons. The largest absolute Gasteiger partial charge is 0.365 e. The van der Waals surface area contributed by atoms with Crippen LogP contribution in [0.3, 0.4) is 0 Å². The van der Waals surface area contributed by atoms with E-state index in [1.54, 1.807) is 19.1 Å². The molecule has 2 aromatic heterocycles. The quantitative estimate of drug-likeness (QED) is 0.679. The number of hydrogen-bond donors (Lipinski definition) is 1. The van der Waals surface area contributed by atoms with Gasteiger partial charge in [0.1, 0.15) is 11.6 Å². The minimum atomic E-state index is -0.510. The monoisotopic (exact) mass is 422 g/mol. The summed E-state index contributed by atoms with van der Waals surface area (Å²) >= 11 is 0. The van der Waals surface area contributed by atoms with Crippen molar-refractivity contribution < 1.29 is 9.18 Å². The molecule has 1 aromatic carbocycles. The number of benzene rings is 1. The number of aryl methyl sites for hydroxylation is 2. The molecule has 0 saturated carbocycles. The molecule has 1 aliphatic rings. The summed E-state index contributed by atoms with van der Waals surface area (Å²) in [5.41, 5.74) is 10.4. The fraction of sp³-hybridized carbons (Fsp3) is 0.391. The third-order valence-corrected chi connectivity index (χ3v) is 6.05. The minimum Gasteiger partial charge on any atom is -0.365 e. The molecule has 0 radical (unpaired) electrons. The van der Waals surface area contributed by atoms with Gasteiger partial charge in [0, 0.05) is 24.0 Å². The minimum absolute atomic E-state index is 0.0716. The maximum atomic E-state index is 13.3. The van der Waals surface area contributed by atoms with Crippen LogP contribution < -0.4 is 5.73 Å². The number of primary amides is 1. The van der Waals surface area contributed by atoms with Gasteiger partial charge in [-0.25, -0.2) is 19.0 Å². The molecule has 4 rings (SSSR count). The zero-order chi connectivity index (χ0) is 22.1. The van der Waals surface area contributed by atoms with Crippen LogP contribution >= 0.6 is 0 Å². The number of aromatic nitrogens is 4. The van der Waals surface area contributed by atoms with Gasteiger partial charge in [0.25, 0.3) is 5.91 Å². The highest BCUT2D eigenvalue weighted by atomic mass is 19.1. The summed E-state index contributed by atoms with van der Waals surface area (Å²) in [6.07, 6.45) is 4.71. The van der Waals surface area contributed by atoms with Crippen molar-refractivity contribution in [2.24, 2.45) is 5.73 Å². The number of piperidine rings is 1. The number of nitrogens with two attached hydrogens (primary N) is 1. The topological polar surface area (TPSA) is 89.9 Å². The summed E-state index contributed by atoms with van der Waals surface area (Å²) in [5, 5.41) is 4.70. The molecular formula is C23H27FN6O. The van der Waals surface area contributed by atoms with Crippen LogP contribution in [0.25, 0.3) is 5.69 Å². The van der Waals surface area contributed by atoms with Crippen LogP contribution in [0.4, 0.5) is 4.39 Å². The van der Waals surface area contributed by atoms with Gasteiger partial charge in [-0.2, -0.15) is 5.10 Å². The van der Waals surface area contributed by atoms with Gasteiger partial charge in [0.15, 0.2) is 0 Å². The SMILES string of the molecule is Cc1nc([C@H]2CCCCN2Cc2c(C)nn(-c3ccc(F)cc3)c2C)ncc1C(N)=O. The van der Waals surface area contributed by atoms with Crippen molar-refractivity contribution in [1.29, 1.82) is 0 Å². The van der Waals surface area contributed by atoms with E-state index in [0.717, 1.165) is 60.8 Å². The van der Waals surface area contributed by atoms with E-state index >= 15 is 0 Å². The molecule has 8 heteroatoms. The number of rotatable bonds is 5. The maximum Gasteiger partial charge on any atom is 0.252 e. The van der Waals surface area contributed by atoms with E-state index in [1.165, 1.54) is 18.3 Å². The van der Waals surface area contributed by atoms with Crippen LogP contribution in [0, 0.1) is 26.6 Å². The smallest absolute Gasteiger partial charge is 0.252 e. The lowest BCUT2D eigenvalue weighted by molar-refractivity contribution is 0.0998. The van der Waals surface area contributed by atoms with E-state index in [4.69, 9.17) is 10.8 Å². The van der Waals surface area contributed by atoms with Crippen LogP contribution in [0.1, 0.15) is 64.1 Å². The summed E-state index contributed by atoms with van der Waals surface area (Å²) < 4.78 is 15.2. The average molecular weight is 423 g/mol. The van der Waals surface area contributed by atoms with Crippen LogP contribution in [0.2, 0.25) is 0 Å². The number of nitrogens with zero attached hydrogens (tertiary/aromatic N) is 5. The molecule has 1 aliphatic heterocycles. The molecule has 1 atom stereocenters. The first-order valence-corrected chi connectivity index (χ1v) is 10.5. The highest BCUT2D eigenvalue weighted by Crippen LogP contribution is 2.32. The Hall–Kier alpha value is -3.13. The van der Waals surface area contributed by atoms with E-state index in [0.29, 0.717) is 11.3 Å². The Labute approximate surface area is 181 Å². The highest BCUT2D eigenvalue weighted by molar-refractivity contribution is 5.93. The van der Waals surface area contributed by atoms with Crippen molar-refractivity contribution in [3.05, 3.63) is 70.3 Å². The Morgan fingerprint density at radius 2 is 1.90 bits per heavy atom. The van der Waals surface area contributed by atoms with Gasteiger partial charge in [-0.05, 0) is 64.4 Å². The Bertz CT molecular complexity index is 1110. The number of hydrogen-bond acceptors (Lipinski definition) is 5. The van der Waals surface area contributed by atoms with Crippen LogP contribution in [0.15, 0.2) is 30.5 Å². The number of amides is 1. The number of carbonyl (C=O) groups is 1. The van der Waals surface area contributed by atoms with Crippen molar-refractivity contribution in [2.75, 3.05) is 6.54 Å². The van der Waals surface area contributed by atoms with E-state index in [-0.39, 0.29) is 11.9 Å². The van der Waals surface area contributed by atoms with Gasteiger partial charge in [-0.3, -0.25) is 9.69 Å². The maximum absolute atomic E-state index is 13.3. The molecule has 1 saturated heterocycles. The normalized spacial score (nSPS) is 17.1. The molecule has 0 aliphatic carbocycles. The molecule has 31 heavy (non-hydrogen) atoms. The van der Waals surface area contributed by atoms with Crippen molar-refractivity contribution >= 4 is 5.91 Å². The first-order chi connectivity index (χ1) is 14.8. The molecule has 3 heterocycles. The molecule has 1 amide bonds. The first-order valence-electron chi connectivity index (χ1n) is 10.5. The Balaban J connectivity index is 1.62. The third kappa shape index (κ3) is 4.20. The van der Waals surface area contributed by atoms with E-state index < -0.39 is 5.91 Å². The van der Waals surface area contributed by atoms with Gasteiger partial charge in [-0.15, -0.1) is 0 Å². The molecule has 2 N–H and O–H groups in total. The first kappa shape index (κ1) is 21.1. The van der Waals surface area contributed by atoms with Crippen molar-refractivity contribution in [2.45, 2.75) is 52.6 Å². The molecule has 0 bridgehead atoms. The molecule has 1 fully saturated rings. The number of halogens is 1. The van der Waals surface area contributed by atoms with E-state index in [1.807, 2.05) is 18.5 Å². The summed E-state index contributed by atoms with van der Waals surface area (Å²) in [4.78, 5) is 23.0.